The standard InChI is InChI=1S/C14H17N3O5S/c1-23(20,21)17-8-12(22-11-5-3-2-4-10(11)17)14(19)16-7-6-15-13(18)9-16/h2-5,12H,6-9H2,1H3,(H,15,18)/t12-/m0/s1. The first kappa shape index (κ1) is 15.6. The highest BCUT2D eigenvalue weighted by molar-refractivity contribution is 7.92. The second-order valence-electron chi connectivity index (χ2n) is 5.48. The van der Waals surface area contributed by atoms with Gasteiger partial charge in [-0.15, -0.1) is 0 Å². The van der Waals surface area contributed by atoms with Gasteiger partial charge in [0.1, 0.15) is 5.75 Å². The Hall–Kier alpha value is -2.29. The highest BCUT2D eigenvalue weighted by atomic mass is 32.2. The zero-order valence-corrected chi connectivity index (χ0v) is 13.4. The Labute approximate surface area is 134 Å². The van der Waals surface area contributed by atoms with Crippen LogP contribution in [0.25, 0.3) is 0 Å². The van der Waals surface area contributed by atoms with Crippen molar-refractivity contribution in [3.05, 3.63) is 24.3 Å². The van der Waals surface area contributed by atoms with Crippen LogP contribution in [0, 0.1) is 0 Å². The summed E-state index contributed by atoms with van der Waals surface area (Å²) in [6.45, 7) is 0.612. The summed E-state index contributed by atoms with van der Waals surface area (Å²) in [5.74, 6) is -0.284. The maximum Gasteiger partial charge on any atom is 0.266 e. The molecule has 0 saturated carbocycles. The van der Waals surface area contributed by atoms with E-state index in [9.17, 15) is 18.0 Å². The van der Waals surface area contributed by atoms with Crippen molar-refractivity contribution in [2.45, 2.75) is 6.10 Å². The van der Waals surface area contributed by atoms with Crippen molar-refractivity contribution in [1.29, 1.82) is 0 Å². The van der Waals surface area contributed by atoms with Gasteiger partial charge >= 0.3 is 0 Å². The van der Waals surface area contributed by atoms with Crippen LogP contribution >= 0.6 is 0 Å². The van der Waals surface area contributed by atoms with Crippen molar-refractivity contribution in [2.24, 2.45) is 0 Å². The maximum atomic E-state index is 12.6. The largest absolute Gasteiger partial charge is 0.476 e. The third-order valence-electron chi connectivity index (χ3n) is 3.76. The van der Waals surface area contributed by atoms with Gasteiger partial charge in [0.2, 0.25) is 15.9 Å². The molecule has 2 heterocycles. The number of ether oxygens (including phenoxy) is 1. The molecule has 23 heavy (non-hydrogen) atoms. The molecule has 1 atom stereocenters. The summed E-state index contributed by atoms with van der Waals surface area (Å²) in [6, 6.07) is 6.67. The highest BCUT2D eigenvalue weighted by Crippen LogP contribution is 2.34. The molecule has 1 aromatic carbocycles. The second kappa shape index (κ2) is 5.73. The fraction of sp³-hybridized carbons (Fsp3) is 0.429. The molecule has 2 aliphatic rings. The van der Waals surface area contributed by atoms with Crippen LogP contribution in [0.5, 0.6) is 5.75 Å². The van der Waals surface area contributed by atoms with E-state index in [1.54, 1.807) is 24.3 Å². The van der Waals surface area contributed by atoms with E-state index in [2.05, 4.69) is 5.32 Å². The lowest BCUT2D eigenvalue weighted by atomic mass is 10.2. The third-order valence-corrected chi connectivity index (χ3v) is 4.91. The minimum Gasteiger partial charge on any atom is -0.476 e. The Kier molecular flexibility index (Phi) is 3.88. The van der Waals surface area contributed by atoms with Crippen molar-refractivity contribution < 1.29 is 22.7 Å². The van der Waals surface area contributed by atoms with E-state index in [0.29, 0.717) is 24.5 Å². The molecule has 0 unspecified atom stereocenters. The van der Waals surface area contributed by atoms with Gasteiger partial charge in [0, 0.05) is 13.1 Å². The number of carbonyl (C=O) groups is 2. The number of rotatable bonds is 2. The van der Waals surface area contributed by atoms with Crippen molar-refractivity contribution in [3.8, 4) is 5.75 Å². The van der Waals surface area contributed by atoms with E-state index in [4.69, 9.17) is 4.74 Å². The number of carbonyl (C=O) groups excluding carboxylic acids is 2. The normalized spacial score (nSPS) is 21.3. The number of nitrogens with zero attached hydrogens (tertiary/aromatic N) is 2. The Bertz CT molecular complexity index is 749. The number of piperazine rings is 1. The summed E-state index contributed by atoms with van der Waals surface area (Å²) in [4.78, 5) is 25.4. The number of sulfonamides is 1. The third kappa shape index (κ3) is 3.09. The zero-order chi connectivity index (χ0) is 16.6. The van der Waals surface area contributed by atoms with Crippen LogP contribution in [0.4, 0.5) is 5.69 Å². The molecule has 0 spiro atoms. The summed E-state index contributed by atoms with van der Waals surface area (Å²) >= 11 is 0. The number of fused-ring (bicyclic) bond motifs is 1. The smallest absolute Gasteiger partial charge is 0.266 e. The van der Waals surface area contributed by atoms with E-state index >= 15 is 0 Å². The number of anilines is 1. The van der Waals surface area contributed by atoms with Crippen molar-refractivity contribution in [1.82, 2.24) is 10.2 Å². The molecule has 0 aliphatic carbocycles. The van der Waals surface area contributed by atoms with Crippen molar-refractivity contribution >= 4 is 27.5 Å². The first-order chi connectivity index (χ1) is 10.9. The van der Waals surface area contributed by atoms with Gasteiger partial charge in [0.15, 0.2) is 6.10 Å². The predicted octanol–water partition coefficient (Wildman–Crippen LogP) is -0.828. The number of benzene rings is 1. The molecule has 2 aliphatic heterocycles. The van der Waals surface area contributed by atoms with Crippen LogP contribution in [0.15, 0.2) is 24.3 Å². The topological polar surface area (TPSA) is 96.0 Å². The number of para-hydroxylation sites is 2. The van der Waals surface area contributed by atoms with E-state index in [1.165, 1.54) is 9.21 Å². The van der Waals surface area contributed by atoms with Gasteiger partial charge in [-0.3, -0.25) is 13.9 Å². The maximum absolute atomic E-state index is 12.6. The van der Waals surface area contributed by atoms with E-state index in [1.807, 2.05) is 0 Å². The fourth-order valence-corrected chi connectivity index (χ4v) is 3.59. The lowest BCUT2D eigenvalue weighted by Crippen LogP contribution is -2.57. The summed E-state index contributed by atoms with van der Waals surface area (Å²) in [5.41, 5.74) is 0.412. The summed E-state index contributed by atoms with van der Waals surface area (Å²) in [5, 5.41) is 2.64. The number of nitrogens with one attached hydrogen (secondary N) is 1. The summed E-state index contributed by atoms with van der Waals surface area (Å²) in [7, 11) is -3.54. The monoisotopic (exact) mass is 339 g/mol. The van der Waals surface area contributed by atoms with Crippen LogP contribution < -0.4 is 14.4 Å². The van der Waals surface area contributed by atoms with Gasteiger partial charge in [-0.1, -0.05) is 12.1 Å². The molecule has 0 radical (unpaired) electrons. The Morgan fingerprint density at radius 1 is 1.35 bits per heavy atom. The van der Waals surface area contributed by atoms with Gasteiger partial charge in [0.25, 0.3) is 5.91 Å². The fourth-order valence-electron chi connectivity index (χ4n) is 2.68. The predicted molar refractivity (Wildman–Crippen MR) is 82.6 cm³/mol. The molecule has 0 aromatic heterocycles. The van der Waals surface area contributed by atoms with Gasteiger partial charge in [0.05, 0.1) is 25.0 Å². The van der Waals surface area contributed by atoms with E-state index < -0.39 is 16.1 Å². The Morgan fingerprint density at radius 3 is 2.78 bits per heavy atom. The molecule has 1 saturated heterocycles. The first-order valence-electron chi connectivity index (χ1n) is 7.15. The molecule has 124 valence electrons. The van der Waals surface area contributed by atoms with Gasteiger partial charge in [-0.2, -0.15) is 0 Å². The van der Waals surface area contributed by atoms with Gasteiger partial charge in [-0.25, -0.2) is 8.42 Å². The minimum atomic E-state index is -3.54. The lowest BCUT2D eigenvalue weighted by Gasteiger charge is -2.36. The number of hydrogen-bond donors (Lipinski definition) is 1. The molecular formula is C14H17N3O5S. The van der Waals surface area contributed by atoms with E-state index in [0.717, 1.165) is 6.26 Å². The summed E-state index contributed by atoms with van der Waals surface area (Å²) < 4.78 is 30.9. The molecule has 0 bridgehead atoms. The molecule has 1 N–H and O–H groups in total. The molecule has 9 heteroatoms. The van der Waals surface area contributed by atoms with Gasteiger partial charge in [-0.05, 0) is 12.1 Å². The minimum absolute atomic E-state index is 0.0424. The van der Waals surface area contributed by atoms with Gasteiger partial charge < -0.3 is 15.0 Å². The van der Waals surface area contributed by atoms with E-state index in [-0.39, 0.29) is 24.9 Å². The van der Waals surface area contributed by atoms with Crippen LogP contribution in [-0.2, 0) is 19.6 Å². The van der Waals surface area contributed by atoms with Crippen LogP contribution in [-0.4, -0.2) is 63.7 Å². The number of amides is 2. The SMILES string of the molecule is CS(=O)(=O)N1C[C@@H](C(=O)N2CCNC(=O)C2)Oc2ccccc21. The second-order valence-corrected chi connectivity index (χ2v) is 7.38. The van der Waals surface area contributed by atoms with Crippen molar-refractivity contribution in [2.75, 3.05) is 36.7 Å². The van der Waals surface area contributed by atoms with Crippen LogP contribution in [0.3, 0.4) is 0 Å². The average Bonchev–Trinajstić information content (AvgIpc) is 2.52. The first-order valence-corrected chi connectivity index (χ1v) is 9.00. The molecule has 1 fully saturated rings. The lowest BCUT2D eigenvalue weighted by molar-refractivity contribution is -0.143. The quantitative estimate of drug-likeness (QED) is 0.759. The molecule has 1 aromatic rings. The number of hydrogen-bond acceptors (Lipinski definition) is 5. The van der Waals surface area contributed by atoms with Crippen molar-refractivity contribution in [3.63, 3.8) is 0 Å². The average molecular weight is 339 g/mol. The Balaban J connectivity index is 1.88. The van der Waals surface area contributed by atoms with Crippen LogP contribution in [0.2, 0.25) is 0 Å². The molecular weight excluding hydrogens is 322 g/mol. The highest BCUT2D eigenvalue weighted by Gasteiger charge is 2.37. The zero-order valence-electron chi connectivity index (χ0n) is 12.6. The molecule has 3 rings (SSSR count). The Morgan fingerprint density at radius 2 is 2.09 bits per heavy atom. The van der Waals surface area contributed by atoms with Crippen LogP contribution in [0.1, 0.15) is 0 Å². The summed E-state index contributed by atoms with van der Waals surface area (Å²) in [6.07, 6.45) is 0.121. The molecule has 2 amide bonds. The molecule has 8 nitrogen and oxygen atoms in total.